The van der Waals surface area contributed by atoms with Gasteiger partial charge in [-0.1, -0.05) is 0 Å². The second-order valence-corrected chi connectivity index (χ2v) is 4.04. The van der Waals surface area contributed by atoms with Gasteiger partial charge in [-0.3, -0.25) is 0 Å². The van der Waals surface area contributed by atoms with Gasteiger partial charge >= 0.3 is 0 Å². The summed E-state index contributed by atoms with van der Waals surface area (Å²) in [5.74, 6) is 5.70. The van der Waals surface area contributed by atoms with Crippen LogP contribution in [0.2, 0.25) is 0 Å². The van der Waals surface area contributed by atoms with Crippen LogP contribution in [0.1, 0.15) is 40.5 Å². The highest BCUT2D eigenvalue weighted by molar-refractivity contribution is 4.95. The molecule has 0 spiro atoms. The Bertz CT molecular complexity index is 180. The molecule has 1 N–H and O–H groups in total. The monoisotopic (exact) mass is 184 g/mol. The molecule has 0 radical (unpaired) electrons. The summed E-state index contributed by atoms with van der Waals surface area (Å²) in [5.41, 5.74) is -0.169. The van der Waals surface area contributed by atoms with Crippen molar-refractivity contribution in [1.29, 1.82) is 0 Å². The minimum absolute atomic E-state index is 0.169. The van der Waals surface area contributed by atoms with Crippen LogP contribution in [0.5, 0.6) is 0 Å². The zero-order valence-electron chi connectivity index (χ0n) is 9.05. The molecule has 0 amide bonds. The Morgan fingerprint density at radius 2 is 2.00 bits per heavy atom. The molecule has 0 heterocycles. The number of hydrogen-bond acceptors (Lipinski definition) is 2. The first-order valence-electron chi connectivity index (χ1n) is 4.67. The van der Waals surface area contributed by atoms with E-state index in [2.05, 4.69) is 11.8 Å². The van der Waals surface area contributed by atoms with E-state index >= 15 is 0 Å². The van der Waals surface area contributed by atoms with Gasteiger partial charge in [-0.2, -0.15) is 0 Å². The van der Waals surface area contributed by atoms with Crippen molar-refractivity contribution in [2.45, 2.75) is 52.2 Å². The number of aliphatic hydroxyl groups is 1. The fourth-order valence-corrected chi connectivity index (χ4v) is 0.793. The normalized spacial score (nSPS) is 13.3. The van der Waals surface area contributed by atoms with Crippen molar-refractivity contribution in [3.8, 4) is 11.8 Å². The van der Waals surface area contributed by atoms with Crippen molar-refractivity contribution in [1.82, 2.24) is 0 Å². The third-order valence-electron chi connectivity index (χ3n) is 1.49. The summed E-state index contributed by atoms with van der Waals surface area (Å²) in [7, 11) is 0. The van der Waals surface area contributed by atoms with Crippen molar-refractivity contribution in [2.24, 2.45) is 0 Å². The summed E-state index contributed by atoms with van der Waals surface area (Å²) in [6, 6.07) is 0. The van der Waals surface area contributed by atoms with Gasteiger partial charge in [0, 0.05) is 6.42 Å². The average molecular weight is 184 g/mol. The summed E-state index contributed by atoms with van der Waals surface area (Å²) in [6.45, 7) is 8.13. The number of aliphatic hydroxyl groups excluding tert-OH is 1. The quantitative estimate of drug-likeness (QED) is 0.677. The fraction of sp³-hybridized carbons (Fsp3) is 0.818. The first kappa shape index (κ1) is 12.5. The fourth-order valence-electron chi connectivity index (χ4n) is 0.793. The molecule has 0 aromatic heterocycles. The zero-order valence-corrected chi connectivity index (χ0v) is 9.05. The molecule has 2 nitrogen and oxygen atoms in total. The molecule has 0 fully saturated rings. The van der Waals surface area contributed by atoms with Crippen molar-refractivity contribution in [3.63, 3.8) is 0 Å². The maximum absolute atomic E-state index is 9.45. The molecule has 0 aliphatic heterocycles. The molecule has 13 heavy (non-hydrogen) atoms. The van der Waals surface area contributed by atoms with Gasteiger partial charge in [0.1, 0.15) is 0 Å². The molecule has 1 atom stereocenters. The Morgan fingerprint density at radius 1 is 1.38 bits per heavy atom. The van der Waals surface area contributed by atoms with Gasteiger partial charge < -0.3 is 9.84 Å². The van der Waals surface area contributed by atoms with Crippen LogP contribution >= 0.6 is 0 Å². The van der Waals surface area contributed by atoms with Gasteiger partial charge in [0.15, 0.2) is 0 Å². The van der Waals surface area contributed by atoms with Crippen LogP contribution in [0.3, 0.4) is 0 Å². The third kappa shape index (κ3) is 9.39. The van der Waals surface area contributed by atoms with E-state index in [1.54, 1.807) is 6.92 Å². The van der Waals surface area contributed by atoms with E-state index < -0.39 is 0 Å². The van der Waals surface area contributed by atoms with E-state index in [4.69, 9.17) is 4.74 Å². The number of rotatable bonds is 4. The Morgan fingerprint density at radius 3 is 2.46 bits per heavy atom. The predicted octanol–water partition coefficient (Wildman–Crippen LogP) is 1.97. The van der Waals surface area contributed by atoms with Crippen LogP contribution < -0.4 is 0 Å². The van der Waals surface area contributed by atoms with Crippen LogP contribution in [0.25, 0.3) is 0 Å². The van der Waals surface area contributed by atoms with Crippen molar-refractivity contribution < 1.29 is 9.84 Å². The van der Waals surface area contributed by atoms with E-state index in [0.29, 0.717) is 13.0 Å². The smallest absolute Gasteiger partial charge is 0.0783 e. The van der Waals surface area contributed by atoms with Crippen LogP contribution in [0, 0.1) is 11.8 Å². The largest absolute Gasteiger partial charge is 0.391 e. The first-order valence-corrected chi connectivity index (χ1v) is 4.67. The standard InChI is InChI=1S/C11H20O2/c1-5-6-7-8-10(12)9-13-11(2,3)4/h10,12H,7-9H2,1-4H3. The molecule has 0 aromatic rings. The molecular weight excluding hydrogens is 164 g/mol. The van der Waals surface area contributed by atoms with E-state index in [9.17, 15) is 5.11 Å². The number of hydrogen-bond donors (Lipinski definition) is 1. The average Bonchev–Trinajstić information content (AvgIpc) is 2.00. The lowest BCUT2D eigenvalue weighted by Gasteiger charge is -2.21. The summed E-state index contributed by atoms with van der Waals surface area (Å²) < 4.78 is 5.42. The lowest BCUT2D eigenvalue weighted by atomic mass is 10.1. The predicted molar refractivity (Wildman–Crippen MR) is 54.4 cm³/mol. The molecule has 76 valence electrons. The number of ether oxygens (including phenoxy) is 1. The summed E-state index contributed by atoms with van der Waals surface area (Å²) in [6.07, 6.45) is 1.04. The molecule has 0 aromatic carbocycles. The SMILES string of the molecule is CC#CCCC(O)COC(C)(C)C. The zero-order chi connectivity index (χ0) is 10.3. The van der Waals surface area contributed by atoms with Gasteiger partial charge in [0.2, 0.25) is 0 Å². The molecule has 2 heteroatoms. The molecule has 1 unspecified atom stereocenters. The van der Waals surface area contributed by atoms with Crippen LogP contribution in [0.15, 0.2) is 0 Å². The minimum atomic E-state index is -0.389. The molecule has 0 saturated carbocycles. The summed E-state index contributed by atoms with van der Waals surface area (Å²) in [5, 5.41) is 9.45. The molecule has 0 bridgehead atoms. The molecular formula is C11H20O2. The van der Waals surface area contributed by atoms with E-state index in [-0.39, 0.29) is 11.7 Å². The van der Waals surface area contributed by atoms with Gasteiger partial charge in [-0.25, -0.2) is 0 Å². The van der Waals surface area contributed by atoms with Crippen LogP contribution in [-0.2, 0) is 4.74 Å². The van der Waals surface area contributed by atoms with Crippen LogP contribution in [0.4, 0.5) is 0 Å². The van der Waals surface area contributed by atoms with E-state index in [0.717, 1.165) is 6.42 Å². The maximum Gasteiger partial charge on any atom is 0.0783 e. The topological polar surface area (TPSA) is 29.5 Å². The van der Waals surface area contributed by atoms with Gasteiger partial charge in [-0.15, -0.1) is 11.8 Å². The Kier molecular flexibility index (Phi) is 5.77. The second-order valence-electron chi connectivity index (χ2n) is 4.04. The van der Waals surface area contributed by atoms with Gasteiger partial charge in [-0.05, 0) is 34.1 Å². The molecule has 0 aliphatic carbocycles. The van der Waals surface area contributed by atoms with E-state index in [1.807, 2.05) is 20.8 Å². The minimum Gasteiger partial charge on any atom is -0.391 e. The summed E-state index contributed by atoms with van der Waals surface area (Å²) in [4.78, 5) is 0. The molecule has 0 saturated heterocycles. The molecule has 0 rings (SSSR count). The first-order chi connectivity index (χ1) is 5.95. The molecule has 0 aliphatic rings. The van der Waals surface area contributed by atoms with Crippen molar-refractivity contribution in [3.05, 3.63) is 0 Å². The van der Waals surface area contributed by atoms with Gasteiger partial charge in [0.05, 0.1) is 18.3 Å². The Balaban J connectivity index is 3.49. The maximum atomic E-state index is 9.45. The third-order valence-corrected chi connectivity index (χ3v) is 1.49. The Hall–Kier alpha value is -0.520. The van der Waals surface area contributed by atoms with Gasteiger partial charge in [0.25, 0.3) is 0 Å². The van der Waals surface area contributed by atoms with Crippen molar-refractivity contribution >= 4 is 0 Å². The lowest BCUT2D eigenvalue weighted by Crippen LogP contribution is -2.26. The second kappa shape index (κ2) is 6.01. The highest BCUT2D eigenvalue weighted by Crippen LogP contribution is 2.08. The lowest BCUT2D eigenvalue weighted by molar-refractivity contribution is -0.0500. The highest BCUT2D eigenvalue weighted by atomic mass is 16.5. The Labute approximate surface area is 81.3 Å². The summed E-state index contributed by atoms with van der Waals surface area (Å²) >= 11 is 0. The van der Waals surface area contributed by atoms with Crippen molar-refractivity contribution in [2.75, 3.05) is 6.61 Å². The highest BCUT2D eigenvalue weighted by Gasteiger charge is 2.12. The van der Waals surface area contributed by atoms with Crippen LogP contribution in [-0.4, -0.2) is 23.4 Å². The van der Waals surface area contributed by atoms with E-state index in [1.165, 1.54) is 0 Å².